The zero-order chi connectivity index (χ0) is 19.1. The summed E-state index contributed by atoms with van der Waals surface area (Å²) in [5, 5.41) is 2.95. The number of piperidine rings is 1. The topological polar surface area (TPSA) is 101 Å². The molecule has 1 aromatic carbocycles. The van der Waals surface area contributed by atoms with Crippen molar-refractivity contribution in [2.24, 2.45) is 11.7 Å². The molecule has 0 radical (unpaired) electrons. The molecule has 0 bridgehead atoms. The van der Waals surface area contributed by atoms with E-state index in [4.69, 9.17) is 5.73 Å². The Morgan fingerprint density at radius 1 is 1.15 bits per heavy atom. The molecule has 142 valence electrons. The summed E-state index contributed by atoms with van der Waals surface area (Å²) in [6.45, 7) is 3.18. The molecule has 7 heteroatoms. The molecular formula is C20H25N5O2. The lowest BCUT2D eigenvalue weighted by Gasteiger charge is -2.31. The maximum Gasteiger partial charge on any atom is 0.251 e. The van der Waals surface area contributed by atoms with Crippen LogP contribution in [-0.2, 0) is 4.79 Å². The van der Waals surface area contributed by atoms with Gasteiger partial charge in [-0.2, -0.15) is 0 Å². The largest absolute Gasteiger partial charge is 0.369 e. The molecule has 0 spiro atoms. The van der Waals surface area contributed by atoms with E-state index < -0.39 is 0 Å². The Morgan fingerprint density at radius 2 is 1.89 bits per heavy atom. The van der Waals surface area contributed by atoms with Crippen molar-refractivity contribution in [2.45, 2.75) is 19.3 Å². The maximum absolute atomic E-state index is 12.3. The minimum absolute atomic E-state index is 0.0399. The number of rotatable bonds is 7. The molecule has 0 aliphatic carbocycles. The number of nitrogens with zero attached hydrogens (tertiary/aromatic N) is 3. The van der Waals surface area contributed by atoms with Crippen LogP contribution in [0.4, 0.5) is 0 Å². The van der Waals surface area contributed by atoms with Gasteiger partial charge in [-0.1, -0.05) is 12.1 Å². The molecule has 7 nitrogen and oxygen atoms in total. The van der Waals surface area contributed by atoms with Crippen LogP contribution < -0.4 is 11.1 Å². The molecule has 1 fully saturated rings. The number of benzene rings is 1. The first-order valence-electron chi connectivity index (χ1n) is 9.29. The Hall–Kier alpha value is -2.80. The van der Waals surface area contributed by atoms with Crippen LogP contribution in [0.15, 0.2) is 43.0 Å². The third-order valence-electron chi connectivity index (χ3n) is 4.89. The van der Waals surface area contributed by atoms with Crippen LogP contribution in [-0.4, -0.2) is 52.9 Å². The fourth-order valence-electron chi connectivity index (χ4n) is 3.36. The number of aromatic nitrogens is 2. The molecule has 1 saturated heterocycles. The first kappa shape index (κ1) is 19.0. The monoisotopic (exact) mass is 367 g/mol. The Balaban J connectivity index is 1.42. The minimum Gasteiger partial charge on any atom is -0.369 e. The van der Waals surface area contributed by atoms with Gasteiger partial charge < -0.3 is 16.0 Å². The highest BCUT2D eigenvalue weighted by Gasteiger charge is 2.23. The quantitative estimate of drug-likeness (QED) is 0.722. The summed E-state index contributed by atoms with van der Waals surface area (Å²) in [5.41, 5.74) is 7.92. The van der Waals surface area contributed by atoms with E-state index in [1.165, 1.54) is 6.33 Å². The molecule has 1 aromatic heterocycles. The van der Waals surface area contributed by atoms with Crippen molar-refractivity contribution in [2.75, 3.05) is 26.2 Å². The molecule has 0 saturated carbocycles. The number of nitrogens with two attached hydrogens (primary N) is 1. The molecule has 3 rings (SSSR count). The predicted molar refractivity (Wildman–Crippen MR) is 103 cm³/mol. The summed E-state index contributed by atoms with van der Waals surface area (Å²) in [6.07, 6.45) is 7.70. The van der Waals surface area contributed by atoms with Crippen molar-refractivity contribution < 1.29 is 9.59 Å². The van der Waals surface area contributed by atoms with Crippen molar-refractivity contribution >= 4 is 11.8 Å². The number of likely N-dealkylation sites (tertiary alicyclic amines) is 1. The van der Waals surface area contributed by atoms with E-state index in [2.05, 4.69) is 20.2 Å². The summed E-state index contributed by atoms with van der Waals surface area (Å²) < 4.78 is 0. The average Bonchev–Trinajstić information content (AvgIpc) is 2.72. The fraction of sp³-hybridized carbons (Fsp3) is 0.400. The lowest BCUT2D eigenvalue weighted by Crippen LogP contribution is -2.42. The summed E-state index contributed by atoms with van der Waals surface area (Å²) in [6, 6.07) is 7.40. The average molecular weight is 367 g/mol. The van der Waals surface area contributed by atoms with Crippen molar-refractivity contribution in [3.63, 3.8) is 0 Å². The Kier molecular flexibility index (Phi) is 6.49. The molecule has 1 atom stereocenters. The van der Waals surface area contributed by atoms with Crippen molar-refractivity contribution in [1.29, 1.82) is 0 Å². The van der Waals surface area contributed by atoms with Crippen LogP contribution >= 0.6 is 0 Å². The highest BCUT2D eigenvalue weighted by Crippen LogP contribution is 2.18. The number of nitrogens with one attached hydrogen (secondary N) is 1. The standard InChI is InChI=1S/C20H25N5O2/c21-19(26)17-3-1-9-25(13-17)10-2-8-24-20(27)16-6-4-15(5-7-16)18-11-22-14-23-12-18/h4-7,11-12,14,17H,1-3,8-10,13H2,(H2,21,26)(H,24,27)/t17-/m1/s1. The van der Waals surface area contributed by atoms with Crippen LogP contribution in [0.3, 0.4) is 0 Å². The molecule has 1 aliphatic rings. The molecule has 27 heavy (non-hydrogen) atoms. The summed E-state index contributed by atoms with van der Waals surface area (Å²) in [4.78, 5) is 33.9. The van der Waals surface area contributed by atoms with Crippen molar-refractivity contribution in [3.8, 4) is 11.1 Å². The number of hydrogen-bond acceptors (Lipinski definition) is 5. The zero-order valence-electron chi connectivity index (χ0n) is 15.3. The second kappa shape index (κ2) is 9.23. The molecule has 1 aliphatic heterocycles. The number of hydrogen-bond donors (Lipinski definition) is 2. The molecule has 2 heterocycles. The maximum atomic E-state index is 12.3. The number of carbonyl (C=O) groups excluding carboxylic acids is 2. The van der Waals surface area contributed by atoms with Gasteiger partial charge in [-0.15, -0.1) is 0 Å². The van der Waals surface area contributed by atoms with Crippen molar-refractivity contribution in [1.82, 2.24) is 20.2 Å². The predicted octanol–water partition coefficient (Wildman–Crippen LogP) is 1.46. The number of amides is 2. The normalized spacial score (nSPS) is 17.4. The molecule has 2 amide bonds. The fourth-order valence-corrected chi connectivity index (χ4v) is 3.36. The molecule has 0 unspecified atom stereocenters. The van der Waals surface area contributed by atoms with Gasteiger partial charge in [-0.25, -0.2) is 9.97 Å². The second-order valence-electron chi connectivity index (χ2n) is 6.86. The SMILES string of the molecule is NC(=O)[C@@H]1CCCN(CCCNC(=O)c2ccc(-c3cncnc3)cc2)C1. The molecule has 2 aromatic rings. The van der Waals surface area contributed by atoms with Crippen LogP contribution in [0.1, 0.15) is 29.6 Å². The Morgan fingerprint density at radius 3 is 2.59 bits per heavy atom. The highest BCUT2D eigenvalue weighted by molar-refractivity contribution is 5.94. The van der Waals surface area contributed by atoms with Crippen LogP contribution in [0.2, 0.25) is 0 Å². The van der Waals surface area contributed by atoms with E-state index in [0.717, 1.165) is 50.0 Å². The van der Waals surface area contributed by atoms with Gasteiger partial charge in [0, 0.05) is 36.6 Å². The summed E-state index contributed by atoms with van der Waals surface area (Å²) in [5.74, 6) is -0.333. The van der Waals surface area contributed by atoms with Gasteiger partial charge in [-0.05, 0) is 50.0 Å². The third-order valence-corrected chi connectivity index (χ3v) is 4.89. The number of carbonyl (C=O) groups is 2. The van der Waals surface area contributed by atoms with Gasteiger partial charge in [0.1, 0.15) is 6.33 Å². The van der Waals surface area contributed by atoms with Gasteiger partial charge >= 0.3 is 0 Å². The van der Waals surface area contributed by atoms with Gasteiger partial charge in [0.15, 0.2) is 0 Å². The van der Waals surface area contributed by atoms with E-state index in [-0.39, 0.29) is 17.7 Å². The first-order chi connectivity index (χ1) is 13.1. The van der Waals surface area contributed by atoms with Gasteiger partial charge in [0.25, 0.3) is 5.91 Å². The lowest BCUT2D eigenvalue weighted by molar-refractivity contribution is -0.123. The van der Waals surface area contributed by atoms with Gasteiger partial charge in [0.05, 0.1) is 5.92 Å². The summed E-state index contributed by atoms with van der Waals surface area (Å²) >= 11 is 0. The van der Waals surface area contributed by atoms with Gasteiger partial charge in [-0.3, -0.25) is 9.59 Å². The van der Waals surface area contributed by atoms with E-state index in [1.807, 2.05) is 12.1 Å². The second-order valence-corrected chi connectivity index (χ2v) is 6.86. The smallest absolute Gasteiger partial charge is 0.251 e. The zero-order valence-corrected chi connectivity index (χ0v) is 15.3. The van der Waals surface area contributed by atoms with E-state index in [0.29, 0.717) is 12.1 Å². The van der Waals surface area contributed by atoms with Crippen molar-refractivity contribution in [3.05, 3.63) is 48.5 Å². The van der Waals surface area contributed by atoms with Crippen LogP contribution in [0.25, 0.3) is 11.1 Å². The molecular weight excluding hydrogens is 342 g/mol. The minimum atomic E-state index is -0.210. The van der Waals surface area contributed by atoms with Crippen LogP contribution in [0.5, 0.6) is 0 Å². The summed E-state index contributed by atoms with van der Waals surface area (Å²) in [7, 11) is 0. The number of primary amides is 1. The molecule has 3 N–H and O–H groups in total. The Bertz CT molecular complexity index is 764. The lowest BCUT2D eigenvalue weighted by atomic mass is 9.97. The first-order valence-corrected chi connectivity index (χ1v) is 9.29. The van der Waals surface area contributed by atoms with E-state index >= 15 is 0 Å². The highest BCUT2D eigenvalue weighted by atomic mass is 16.2. The van der Waals surface area contributed by atoms with Crippen LogP contribution in [0, 0.1) is 5.92 Å². The van der Waals surface area contributed by atoms with E-state index in [9.17, 15) is 9.59 Å². The van der Waals surface area contributed by atoms with Gasteiger partial charge in [0.2, 0.25) is 5.91 Å². The Labute approximate surface area is 159 Å². The third kappa shape index (κ3) is 5.34. The van der Waals surface area contributed by atoms with E-state index in [1.54, 1.807) is 24.5 Å².